The monoisotopic (exact) mass is 302 g/mol. The molecule has 0 bridgehead atoms. The van der Waals surface area contributed by atoms with Crippen molar-refractivity contribution < 1.29 is 9.90 Å². The van der Waals surface area contributed by atoms with Crippen molar-refractivity contribution in [1.29, 1.82) is 0 Å². The van der Waals surface area contributed by atoms with E-state index in [0.29, 0.717) is 0 Å². The van der Waals surface area contributed by atoms with Gasteiger partial charge >= 0.3 is 5.97 Å². The maximum Gasteiger partial charge on any atom is 0.307 e. The zero-order chi connectivity index (χ0) is 15.1. The fraction of sp³-hybridized carbons (Fsp3) is 0.941. The van der Waals surface area contributed by atoms with Gasteiger partial charge in [0.2, 0.25) is 0 Å². The van der Waals surface area contributed by atoms with Crippen molar-refractivity contribution in [3.05, 3.63) is 0 Å². The number of thioether (sulfide) groups is 1. The Bertz CT molecular complexity index is 219. The lowest BCUT2D eigenvalue weighted by Gasteiger charge is -2.11. The van der Waals surface area contributed by atoms with E-state index in [9.17, 15) is 4.79 Å². The van der Waals surface area contributed by atoms with Crippen LogP contribution in [0.15, 0.2) is 0 Å². The van der Waals surface area contributed by atoms with Crippen LogP contribution in [0.5, 0.6) is 0 Å². The molecule has 0 aliphatic heterocycles. The molecular formula is C17H34O2S. The minimum absolute atomic E-state index is 0.131. The molecule has 0 aromatic rings. The Balaban J connectivity index is 3.34. The zero-order valence-electron chi connectivity index (χ0n) is 13.5. The molecule has 0 aliphatic carbocycles. The average molecular weight is 303 g/mol. The van der Waals surface area contributed by atoms with Gasteiger partial charge in [-0.15, -0.1) is 0 Å². The Labute approximate surface area is 130 Å². The standard InChI is InChI=1S/C17H34O2S/c1-3-5-6-7-8-9-10-11-12-13-14-16(17(18)19)15-20-4-2/h16H,3-15H2,1-2H3,(H,18,19). The second kappa shape index (κ2) is 15.2. The highest BCUT2D eigenvalue weighted by Gasteiger charge is 2.16. The van der Waals surface area contributed by atoms with E-state index in [2.05, 4.69) is 13.8 Å². The molecule has 0 rings (SSSR count). The molecule has 0 fully saturated rings. The van der Waals surface area contributed by atoms with Crippen molar-refractivity contribution in [3.8, 4) is 0 Å². The number of hydrogen-bond donors (Lipinski definition) is 1. The van der Waals surface area contributed by atoms with Crippen molar-refractivity contribution in [1.82, 2.24) is 0 Å². The van der Waals surface area contributed by atoms with Gasteiger partial charge in [-0.25, -0.2) is 0 Å². The SMILES string of the molecule is CCCCCCCCCCCCC(CSCC)C(=O)O. The van der Waals surface area contributed by atoms with Crippen LogP contribution in [0.1, 0.15) is 84.5 Å². The molecule has 120 valence electrons. The summed E-state index contributed by atoms with van der Waals surface area (Å²) in [5.74, 6) is 1.06. The van der Waals surface area contributed by atoms with Crippen molar-refractivity contribution in [3.63, 3.8) is 0 Å². The second-order valence-corrected chi connectivity index (χ2v) is 6.98. The molecule has 1 atom stereocenters. The van der Waals surface area contributed by atoms with Crippen LogP contribution in [0.25, 0.3) is 0 Å². The van der Waals surface area contributed by atoms with E-state index >= 15 is 0 Å². The number of rotatable bonds is 15. The molecule has 0 saturated carbocycles. The van der Waals surface area contributed by atoms with Gasteiger partial charge in [-0.2, -0.15) is 11.8 Å². The molecule has 1 unspecified atom stereocenters. The van der Waals surface area contributed by atoms with E-state index in [4.69, 9.17) is 5.11 Å². The number of unbranched alkanes of at least 4 members (excludes halogenated alkanes) is 9. The van der Waals surface area contributed by atoms with Crippen LogP contribution in [0, 0.1) is 5.92 Å². The first kappa shape index (κ1) is 19.8. The molecule has 0 amide bonds. The van der Waals surface area contributed by atoms with E-state index < -0.39 is 5.97 Å². The summed E-state index contributed by atoms with van der Waals surface area (Å²) in [7, 11) is 0. The molecule has 0 aromatic heterocycles. The Morgan fingerprint density at radius 2 is 1.40 bits per heavy atom. The van der Waals surface area contributed by atoms with Crippen LogP contribution >= 0.6 is 11.8 Å². The maximum atomic E-state index is 11.1. The molecule has 20 heavy (non-hydrogen) atoms. The van der Waals surface area contributed by atoms with Crippen LogP contribution < -0.4 is 0 Å². The second-order valence-electron chi connectivity index (χ2n) is 5.67. The highest BCUT2D eigenvalue weighted by molar-refractivity contribution is 7.99. The van der Waals surface area contributed by atoms with Gasteiger partial charge in [-0.05, 0) is 12.2 Å². The highest BCUT2D eigenvalue weighted by Crippen LogP contribution is 2.17. The molecular weight excluding hydrogens is 268 g/mol. The van der Waals surface area contributed by atoms with Gasteiger partial charge in [0.25, 0.3) is 0 Å². The number of aliphatic carboxylic acids is 1. The van der Waals surface area contributed by atoms with Crippen LogP contribution in [0.2, 0.25) is 0 Å². The van der Waals surface area contributed by atoms with Gasteiger partial charge in [0.05, 0.1) is 5.92 Å². The van der Waals surface area contributed by atoms with Crippen molar-refractivity contribution >= 4 is 17.7 Å². The third-order valence-electron chi connectivity index (χ3n) is 3.78. The fourth-order valence-corrected chi connectivity index (χ4v) is 3.25. The first-order chi connectivity index (χ1) is 9.72. The van der Waals surface area contributed by atoms with Gasteiger partial charge < -0.3 is 5.11 Å². The summed E-state index contributed by atoms with van der Waals surface area (Å²) in [5, 5.41) is 9.13. The molecule has 0 heterocycles. The Hall–Kier alpha value is -0.180. The van der Waals surface area contributed by atoms with E-state index in [1.807, 2.05) is 0 Å². The van der Waals surface area contributed by atoms with Crippen LogP contribution in [0.3, 0.4) is 0 Å². The fourth-order valence-electron chi connectivity index (χ4n) is 2.42. The highest BCUT2D eigenvalue weighted by atomic mass is 32.2. The van der Waals surface area contributed by atoms with Crippen molar-refractivity contribution in [2.75, 3.05) is 11.5 Å². The minimum atomic E-state index is -0.609. The predicted molar refractivity (Wildman–Crippen MR) is 90.6 cm³/mol. The number of carbonyl (C=O) groups is 1. The number of carboxylic acid groups (broad SMARTS) is 1. The third kappa shape index (κ3) is 12.8. The smallest absolute Gasteiger partial charge is 0.307 e. The molecule has 0 saturated heterocycles. The zero-order valence-corrected chi connectivity index (χ0v) is 14.3. The summed E-state index contributed by atoms with van der Waals surface area (Å²) in [6, 6.07) is 0. The Morgan fingerprint density at radius 1 is 0.900 bits per heavy atom. The first-order valence-corrected chi connectivity index (χ1v) is 9.68. The molecule has 3 heteroatoms. The molecule has 1 N–H and O–H groups in total. The van der Waals surface area contributed by atoms with Gasteiger partial charge in [-0.3, -0.25) is 4.79 Å². The minimum Gasteiger partial charge on any atom is -0.481 e. The van der Waals surface area contributed by atoms with Crippen LogP contribution in [0.4, 0.5) is 0 Å². The first-order valence-electron chi connectivity index (χ1n) is 8.52. The Morgan fingerprint density at radius 3 is 1.85 bits per heavy atom. The lowest BCUT2D eigenvalue weighted by molar-refractivity contribution is -0.141. The summed E-state index contributed by atoms with van der Waals surface area (Å²) >= 11 is 1.75. The quantitative estimate of drug-likeness (QED) is 0.391. The van der Waals surface area contributed by atoms with Crippen LogP contribution in [-0.4, -0.2) is 22.6 Å². The summed E-state index contributed by atoms with van der Waals surface area (Å²) in [5.41, 5.74) is 0. The van der Waals surface area contributed by atoms with Crippen LogP contribution in [-0.2, 0) is 4.79 Å². The van der Waals surface area contributed by atoms with E-state index in [1.54, 1.807) is 11.8 Å². The van der Waals surface area contributed by atoms with Crippen molar-refractivity contribution in [2.24, 2.45) is 5.92 Å². The summed E-state index contributed by atoms with van der Waals surface area (Å²) in [6.45, 7) is 4.34. The molecule has 0 spiro atoms. The predicted octanol–water partition coefficient (Wildman–Crippen LogP) is 5.75. The lowest BCUT2D eigenvalue weighted by Crippen LogP contribution is -2.16. The molecule has 0 aliphatic rings. The van der Waals surface area contributed by atoms with Gasteiger partial charge in [-0.1, -0.05) is 78.1 Å². The topological polar surface area (TPSA) is 37.3 Å². The van der Waals surface area contributed by atoms with E-state index in [1.165, 1.54) is 57.8 Å². The molecule has 2 nitrogen and oxygen atoms in total. The summed E-state index contributed by atoms with van der Waals surface area (Å²) < 4.78 is 0. The Kier molecular flexibility index (Phi) is 15.1. The summed E-state index contributed by atoms with van der Waals surface area (Å²) in [4.78, 5) is 11.1. The normalized spacial score (nSPS) is 12.5. The molecule has 0 radical (unpaired) electrons. The van der Waals surface area contributed by atoms with Gasteiger partial charge in [0, 0.05) is 5.75 Å². The largest absolute Gasteiger partial charge is 0.481 e. The molecule has 0 aromatic carbocycles. The van der Waals surface area contributed by atoms with Gasteiger partial charge in [0.1, 0.15) is 0 Å². The number of carboxylic acids is 1. The van der Waals surface area contributed by atoms with E-state index in [0.717, 1.165) is 24.3 Å². The summed E-state index contributed by atoms with van der Waals surface area (Å²) in [6.07, 6.45) is 14.0. The number of hydrogen-bond acceptors (Lipinski definition) is 2. The third-order valence-corrected chi connectivity index (χ3v) is 4.82. The lowest BCUT2D eigenvalue weighted by atomic mass is 10.0. The maximum absolute atomic E-state index is 11.1. The van der Waals surface area contributed by atoms with E-state index in [-0.39, 0.29) is 5.92 Å². The average Bonchev–Trinajstić information content (AvgIpc) is 2.43. The van der Waals surface area contributed by atoms with Crippen molar-refractivity contribution in [2.45, 2.75) is 84.5 Å². The van der Waals surface area contributed by atoms with Gasteiger partial charge in [0.15, 0.2) is 0 Å².